The highest BCUT2D eigenvalue weighted by Crippen LogP contribution is 2.31. The summed E-state index contributed by atoms with van der Waals surface area (Å²) >= 11 is 1.45. The maximum atomic E-state index is 5.71. The van der Waals surface area contributed by atoms with Crippen molar-refractivity contribution in [1.82, 2.24) is 19.7 Å². The summed E-state index contributed by atoms with van der Waals surface area (Å²) in [4.78, 5) is 9.80. The van der Waals surface area contributed by atoms with Crippen LogP contribution in [-0.4, -0.2) is 19.7 Å². The zero-order valence-electron chi connectivity index (χ0n) is 10.8. The molecular formula is C11H17N5S. The lowest BCUT2D eigenvalue weighted by atomic mass is 9.96. The Hall–Kier alpha value is -1.43. The Morgan fingerprint density at radius 2 is 1.88 bits per heavy atom. The smallest absolute Gasteiger partial charge is 0.180 e. The first-order valence-corrected chi connectivity index (χ1v) is 6.25. The fourth-order valence-electron chi connectivity index (χ4n) is 1.52. The third kappa shape index (κ3) is 2.17. The van der Waals surface area contributed by atoms with Gasteiger partial charge < -0.3 is 5.73 Å². The monoisotopic (exact) mass is 251 g/mol. The van der Waals surface area contributed by atoms with Gasteiger partial charge in [-0.3, -0.25) is 0 Å². The lowest BCUT2D eigenvalue weighted by Gasteiger charge is -2.11. The van der Waals surface area contributed by atoms with Crippen molar-refractivity contribution in [3.63, 3.8) is 0 Å². The zero-order valence-corrected chi connectivity index (χ0v) is 11.6. The van der Waals surface area contributed by atoms with Crippen LogP contribution in [0.25, 0.3) is 10.7 Å². The predicted molar refractivity (Wildman–Crippen MR) is 70.0 cm³/mol. The Balaban J connectivity index is 2.54. The van der Waals surface area contributed by atoms with E-state index in [2.05, 4.69) is 35.8 Å². The first-order valence-electron chi connectivity index (χ1n) is 5.44. The molecule has 2 aromatic heterocycles. The molecule has 0 atom stereocenters. The van der Waals surface area contributed by atoms with E-state index in [0.29, 0.717) is 5.13 Å². The molecular weight excluding hydrogens is 234 g/mol. The van der Waals surface area contributed by atoms with E-state index in [-0.39, 0.29) is 5.41 Å². The summed E-state index contributed by atoms with van der Waals surface area (Å²) < 4.78 is 1.79. The first kappa shape index (κ1) is 12.0. The van der Waals surface area contributed by atoms with Gasteiger partial charge in [-0.1, -0.05) is 32.1 Å². The molecule has 92 valence electrons. The molecule has 0 aromatic carbocycles. The van der Waals surface area contributed by atoms with Gasteiger partial charge >= 0.3 is 0 Å². The van der Waals surface area contributed by atoms with Gasteiger partial charge in [0.05, 0.1) is 10.6 Å². The van der Waals surface area contributed by atoms with Gasteiger partial charge in [0.1, 0.15) is 0 Å². The van der Waals surface area contributed by atoms with E-state index in [9.17, 15) is 0 Å². The molecule has 0 aliphatic rings. The van der Waals surface area contributed by atoms with Crippen molar-refractivity contribution in [2.45, 2.75) is 33.1 Å². The normalized spacial score (nSPS) is 12.1. The summed E-state index contributed by atoms with van der Waals surface area (Å²) in [6, 6.07) is 0. The Morgan fingerprint density at radius 3 is 2.29 bits per heavy atom. The summed E-state index contributed by atoms with van der Waals surface area (Å²) in [5, 5.41) is 5.02. The molecule has 2 aromatic rings. The molecule has 0 spiro atoms. The number of nitrogens with two attached hydrogens (primary N) is 1. The molecule has 0 amide bonds. The Bertz CT molecular complexity index is 547. The van der Waals surface area contributed by atoms with Crippen molar-refractivity contribution in [2.24, 2.45) is 7.05 Å². The summed E-state index contributed by atoms with van der Waals surface area (Å²) in [5.41, 5.74) is 6.56. The third-order valence-corrected chi connectivity index (χ3v) is 3.43. The van der Waals surface area contributed by atoms with Crippen LogP contribution in [-0.2, 0) is 12.5 Å². The minimum atomic E-state index is -0.0554. The quantitative estimate of drug-likeness (QED) is 0.843. The fourth-order valence-corrected chi connectivity index (χ4v) is 2.38. The number of rotatable bonds is 1. The van der Waals surface area contributed by atoms with Crippen LogP contribution in [0.5, 0.6) is 0 Å². The highest BCUT2D eigenvalue weighted by atomic mass is 32.1. The van der Waals surface area contributed by atoms with Gasteiger partial charge in [-0.15, -0.1) is 0 Å². The lowest BCUT2D eigenvalue weighted by Crippen LogP contribution is -2.13. The highest BCUT2D eigenvalue weighted by Gasteiger charge is 2.23. The van der Waals surface area contributed by atoms with Gasteiger partial charge in [0.15, 0.2) is 16.8 Å². The molecule has 2 heterocycles. The van der Waals surface area contributed by atoms with Crippen LogP contribution < -0.4 is 5.73 Å². The average molecular weight is 251 g/mol. The van der Waals surface area contributed by atoms with E-state index in [1.165, 1.54) is 11.3 Å². The van der Waals surface area contributed by atoms with Gasteiger partial charge in [-0.25, -0.2) is 14.6 Å². The molecule has 6 heteroatoms. The van der Waals surface area contributed by atoms with Crippen LogP contribution in [0.4, 0.5) is 5.13 Å². The van der Waals surface area contributed by atoms with Gasteiger partial charge in [0.2, 0.25) is 0 Å². The van der Waals surface area contributed by atoms with Crippen LogP contribution in [0.2, 0.25) is 0 Å². The highest BCUT2D eigenvalue weighted by molar-refractivity contribution is 7.18. The Morgan fingerprint density at radius 1 is 1.24 bits per heavy atom. The predicted octanol–water partition coefficient (Wildman–Crippen LogP) is 2.13. The number of thiazole rings is 1. The summed E-state index contributed by atoms with van der Waals surface area (Å²) in [5.74, 6) is 1.67. The third-order valence-electron chi connectivity index (χ3n) is 2.45. The van der Waals surface area contributed by atoms with Crippen molar-refractivity contribution in [2.75, 3.05) is 5.73 Å². The molecule has 2 N–H and O–H groups in total. The second-order valence-electron chi connectivity index (χ2n) is 5.10. The van der Waals surface area contributed by atoms with Crippen molar-refractivity contribution in [3.8, 4) is 10.7 Å². The van der Waals surface area contributed by atoms with Gasteiger partial charge in [0, 0.05) is 12.5 Å². The van der Waals surface area contributed by atoms with E-state index >= 15 is 0 Å². The van der Waals surface area contributed by atoms with Crippen LogP contribution in [0.3, 0.4) is 0 Å². The minimum Gasteiger partial charge on any atom is -0.375 e. The molecule has 0 bridgehead atoms. The maximum Gasteiger partial charge on any atom is 0.180 e. The first-order chi connectivity index (χ1) is 7.79. The second kappa shape index (κ2) is 3.80. The lowest BCUT2D eigenvalue weighted by molar-refractivity contribution is 0.538. The summed E-state index contributed by atoms with van der Waals surface area (Å²) in [6.07, 6.45) is 0. The van der Waals surface area contributed by atoms with Gasteiger partial charge in [-0.05, 0) is 6.92 Å². The number of hydrogen-bond acceptors (Lipinski definition) is 5. The Labute approximate surface area is 105 Å². The standard InChI is InChI=1S/C11H17N5S/c1-6-7(17-10(12)13-6)8-14-9(11(2,3)4)15-16(8)5/h1-5H3,(H2,12,13). The van der Waals surface area contributed by atoms with Crippen LogP contribution in [0.1, 0.15) is 32.3 Å². The van der Waals surface area contributed by atoms with E-state index in [1.807, 2.05) is 14.0 Å². The van der Waals surface area contributed by atoms with E-state index in [0.717, 1.165) is 22.2 Å². The van der Waals surface area contributed by atoms with Crippen LogP contribution >= 0.6 is 11.3 Å². The van der Waals surface area contributed by atoms with Crippen LogP contribution in [0.15, 0.2) is 0 Å². The number of aryl methyl sites for hydroxylation is 2. The number of anilines is 1. The zero-order chi connectivity index (χ0) is 12.8. The van der Waals surface area contributed by atoms with E-state index in [4.69, 9.17) is 5.73 Å². The summed E-state index contributed by atoms with van der Waals surface area (Å²) in [6.45, 7) is 8.23. The van der Waals surface area contributed by atoms with Crippen molar-refractivity contribution in [1.29, 1.82) is 0 Å². The van der Waals surface area contributed by atoms with E-state index < -0.39 is 0 Å². The molecule has 0 saturated carbocycles. The molecule has 0 aliphatic carbocycles. The molecule has 17 heavy (non-hydrogen) atoms. The molecule has 2 rings (SSSR count). The molecule has 0 aliphatic heterocycles. The second-order valence-corrected chi connectivity index (χ2v) is 6.13. The van der Waals surface area contributed by atoms with Crippen LogP contribution in [0, 0.1) is 6.92 Å². The van der Waals surface area contributed by atoms with Crippen molar-refractivity contribution in [3.05, 3.63) is 11.5 Å². The molecule has 0 fully saturated rings. The topological polar surface area (TPSA) is 69.6 Å². The SMILES string of the molecule is Cc1nc(N)sc1-c1nc(C(C)(C)C)nn1C. The van der Waals surface area contributed by atoms with Gasteiger partial charge in [-0.2, -0.15) is 5.10 Å². The molecule has 0 unspecified atom stereocenters. The molecule has 0 saturated heterocycles. The van der Waals surface area contributed by atoms with E-state index in [1.54, 1.807) is 4.68 Å². The number of hydrogen-bond donors (Lipinski definition) is 1. The largest absolute Gasteiger partial charge is 0.375 e. The van der Waals surface area contributed by atoms with Gasteiger partial charge in [0.25, 0.3) is 0 Å². The average Bonchev–Trinajstić information content (AvgIpc) is 2.68. The minimum absolute atomic E-state index is 0.0554. The number of nitrogen functional groups attached to an aromatic ring is 1. The molecule has 5 nitrogen and oxygen atoms in total. The molecule has 0 radical (unpaired) electrons. The van der Waals surface area contributed by atoms with Crippen molar-refractivity contribution < 1.29 is 0 Å². The number of aromatic nitrogens is 4. The van der Waals surface area contributed by atoms with Crippen molar-refractivity contribution >= 4 is 16.5 Å². The maximum absolute atomic E-state index is 5.71. The summed E-state index contributed by atoms with van der Waals surface area (Å²) in [7, 11) is 1.90. The fraction of sp³-hybridized carbons (Fsp3) is 0.545. The Kier molecular flexibility index (Phi) is 2.69. The number of nitrogens with zero attached hydrogens (tertiary/aromatic N) is 4.